The summed E-state index contributed by atoms with van der Waals surface area (Å²) in [5.41, 5.74) is 21.0. The van der Waals surface area contributed by atoms with E-state index in [0.717, 1.165) is 0 Å². The van der Waals surface area contributed by atoms with Gasteiger partial charge in [-0.3, -0.25) is 29.0 Å². The van der Waals surface area contributed by atoms with Crippen molar-refractivity contribution in [3.8, 4) is 0 Å². The van der Waals surface area contributed by atoms with E-state index in [1.54, 1.807) is 0 Å². The van der Waals surface area contributed by atoms with Crippen molar-refractivity contribution in [1.29, 1.82) is 0 Å². The van der Waals surface area contributed by atoms with E-state index in [1.807, 2.05) is 0 Å². The van der Waals surface area contributed by atoms with Crippen LogP contribution in [0.1, 0.15) is 39.0 Å². The van der Waals surface area contributed by atoms with Crippen molar-refractivity contribution in [2.75, 3.05) is 6.54 Å². The highest BCUT2D eigenvalue weighted by Crippen LogP contribution is 2.05. The number of amides is 4. The average molecular weight is 519 g/mol. The van der Waals surface area contributed by atoms with E-state index in [2.05, 4.69) is 20.9 Å². The van der Waals surface area contributed by atoms with Gasteiger partial charge in [0.05, 0.1) is 12.5 Å². The Morgan fingerprint density at radius 3 is 1.83 bits per heavy atom. The summed E-state index contributed by atoms with van der Waals surface area (Å²) in [7, 11) is 0. The molecule has 14 N–H and O–H groups in total. The summed E-state index contributed by atoms with van der Waals surface area (Å²) in [4.78, 5) is 75.0. The Labute approximate surface area is 206 Å². The van der Waals surface area contributed by atoms with Crippen molar-refractivity contribution in [3.63, 3.8) is 0 Å². The zero-order chi connectivity index (χ0) is 28.0. The van der Waals surface area contributed by atoms with Crippen molar-refractivity contribution >= 4 is 41.5 Å². The first-order chi connectivity index (χ1) is 16.6. The zero-order valence-corrected chi connectivity index (χ0v) is 19.7. The molecular formula is C19H34N8O9. The molecule has 0 saturated carbocycles. The minimum absolute atomic E-state index is 0.0708. The van der Waals surface area contributed by atoms with Gasteiger partial charge in [0.15, 0.2) is 5.96 Å². The highest BCUT2D eigenvalue weighted by atomic mass is 16.4. The molecular weight excluding hydrogens is 484 g/mol. The van der Waals surface area contributed by atoms with E-state index in [0.29, 0.717) is 0 Å². The maximum atomic E-state index is 12.9. The number of aliphatic hydroxyl groups excluding tert-OH is 1. The van der Waals surface area contributed by atoms with E-state index in [-0.39, 0.29) is 38.2 Å². The second kappa shape index (κ2) is 15.8. The van der Waals surface area contributed by atoms with Crippen LogP contribution in [0.3, 0.4) is 0 Å². The molecule has 0 heterocycles. The predicted octanol–water partition coefficient (Wildman–Crippen LogP) is -4.97. The van der Waals surface area contributed by atoms with Crippen LogP contribution >= 0.6 is 0 Å². The SMILES string of the molecule is CC(O)C(N)C(=O)NC(CCCN=C(N)N)C(=O)NC(CC(=O)O)C(=O)NC(CCC(N)=O)C(=O)O. The number of guanidine groups is 1. The van der Waals surface area contributed by atoms with Crippen LogP contribution in [0.4, 0.5) is 0 Å². The molecule has 0 aliphatic carbocycles. The lowest BCUT2D eigenvalue weighted by Crippen LogP contribution is -2.58. The molecule has 0 aromatic rings. The van der Waals surface area contributed by atoms with Crippen LogP contribution < -0.4 is 38.9 Å². The molecule has 0 spiro atoms. The van der Waals surface area contributed by atoms with Gasteiger partial charge in [-0.1, -0.05) is 0 Å². The molecule has 0 rings (SSSR count). The van der Waals surface area contributed by atoms with Crippen molar-refractivity contribution < 1.29 is 44.1 Å². The molecule has 0 saturated heterocycles. The Morgan fingerprint density at radius 1 is 0.833 bits per heavy atom. The maximum Gasteiger partial charge on any atom is 0.326 e. The van der Waals surface area contributed by atoms with Crippen LogP contribution in [-0.4, -0.2) is 93.7 Å². The van der Waals surface area contributed by atoms with Crippen LogP contribution in [0.5, 0.6) is 0 Å². The maximum absolute atomic E-state index is 12.9. The number of carbonyl (C=O) groups is 6. The third-order valence-corrected chi connectivity index (χ3v) is 4.71. The molecule has 0 fully saturated rings. The number of carboxylic acid groups (broad SMARTS) is 2. The predicted molar refractivity (Wildman–Crippen MR) is 124 cm³/mol. The van der Waals surface area contributed by atoms with Crippen molar-refractivity contribution in [3.05, 3.63) is 0 Å². The molecule has 0 aliphatic rings. The standard InChI is InChI=1S/C19H34N8O9/c1-8(28)14(21)17(34)25-9(3-2-6-24-19(22)23)15(32)27-11(7-13(30)31)16(33)26-10(18(35)36)4-5-12(20)29/h8-11,14,28H,2-7,21H2,1H3,(H2,20,29)(H,25,34)(H,26,33)(H,27,32)(H,30,31)(H,35,36)(H4,22,23,24). The molecule has 204 valence electrons. The third kappa shape index (κ3) is 13.0. The number of hydrogen-bond donors (Lipinski definition) is 10. The lowest BCUT2D eigenvalue weighted by molar-refractivity contribution is -0.144. The number of aliphatic hydroxyl groups is 1. The average Bonchev–Trinajstić information content (AvgIpc) is 2.76. The molecule has 17 nitrogen and oxygen atoms in total. The van der Waals surface area contributed by atoms with Crippen LogP contribution in [0.25, 0.3) is 0 Å². The Balaban J connectivity index is 5.63. The van der Waals surface area contributed by atoms with E-state index < -0.39 is 72.3 Å². The van der Waals surface area contributed by atoms with E-state index in [9.17, 15) is 39.0 Å². The van der Waals surface area contributed by atoms with E-state index in [1.165, 1.54) is 6.92 Å². The fourth-order valence-electron chi connectivity index (χ4n) is 2.73. The molecule has 17 heteroatoms. The minimum Gasteiger partial charge on any atom is -0.481 e. The van der Waals surface area contributed by atoms with Crippen LogP contribution in [0, 0.1) is 0 Å². The number of nitrogens with one attached hydrogen (secondary N) is 3. The number of rotatable bonds is 17. The Morgan fingerprint density at radius 2 is 1.36 bits per heavy atom. The summed E-state index contributed by atoms with van der Waals surface area (Å²) in [6, 6.07) is -6.06. The quantitative estimate of drug-likeness (QED) is 0.0491. The van der Waals surface area contributed by atoms with Crippen molar-refractivity contribution in [2.45, 2.75) is 69.3 Å². The topological polar surface area (TPSA) is 316 Å². The fraction of sp³-hybridized carbons (Fsp3) is 0.632. The highest BCUT2D eigenvalue weighted by molar-refractivity contribution is 5.95. The molecule has 0 bridgehead atoms. The first kappa shape index (κ1) is 32.0. The molecule has 0 aromatic carbocycles. The van der Waals surface area contributed by atoms with Gasteiger partial charge >= 0.3 is 11.9 Å². The van der Waals surface area contributed by atoms with Crippen LogP contribution in [0.15, 0.2) is 4.99 Å². The molecule has 0 radical (unpaired) electrons. The molecule has 5 unspecified atom stereocenters. The zero-order valence-electron chi connectivity index (χ0n) is 19.7. The largest absolute Gasteiger partial charge is 0.481 e. The monoisotopic (exact) mass is 518 g/mol. The second-order valence-electron chi connectivity index (χ2n) is 7.84. The summed E-state index contributed by atoms with van der Waals surface area (Å²) in [6.07, 6.45) is -2.83. The summed E-state index contributed by atoms with van der Waals surface area (Å²) >= 11 is 0. The fourth-order valence-corrected chi connectivity index (χ4v) is 2.73. The number of carboxylic acids is 2. The second-order valence-corrected chi connectivity index (χ2v) is 7.84. The van der Waals surface area contributed by atoms with Gasteiger partial charge in [-0.05, 0) is 26.2 Å². The first-order valence-corrected chi connectivity index (χ1v) is 10.8. The van der Waals surface area contributed by atoms with E-state index in [4.69, 9.17) is 28.0 Å². The third-order valence-electron chi connectivity index (χ3n) is 4.71. The van der Waals surface area contributed by atoms with Gasteiger partial charge in [0.25, 0.3) is 0 Å². The molecule has 36 heavy (non-hydrogen) atoms. The molecule has 4 amide bonds. The summed E-state index contributed by atoms with van der Waals surface area (Å²) in [6.45, 7) is 1.33. The van der Waals surface area contributed by atoms with Crippen LogP contribution in [0.2, 0.25) is 0 Å². The number of nitrogens with zero attached hydrogens (tertiary/aromatic N) is 1. The van der Waals surface area contributed by atoms with Gasteiger partial charge in [-0.25, -0.2) is 4.79 Å². The van der Waals surface area contributed by atoms with Gasteiger partial charge in [0.2, 0.25) is 23.6 Å². The van der Waals surface area contributed by atoms with Gasteiger partial charge in [0.1, 0.15) is 24.2 Å². The summed E-state index contributed by atoms with van der Waals surface area (Å²) in [5.74, 6) is -7.08. The Hall–Kier alpha value is -3.99. The minimum atomic E-state index is -1.74. The Kier molecular flexibility index (Phi) is 14.1. The van der Waals surface area contributed by atoms with E-state index >= 15 is 0 Å². The lowest BCUT2D eigenvalue weighted by atomic mass is 10.1. The van der Waals surface area contributed by atoms with Gasteiger partial charge < -0.3 is 54.2 Å². The Bertz CT molecular complexity index is 845. The number of carbonyl (C=O) groups excluding carboxylic acids is 4. The number of nitrogens with two attached hydrogens (primary N) is 4. The summed E-state index contributed by atoms with van der Waals surface area (Å²) < 4.78 is 0. The number of aliphatic carboxylic acids is 2. The number of aliphatic imine (C=N–C) groups is 1. The van der Waals surface area contributed by atoms with Crippen molar-refractivity contribution in [1.82, 2.24) is 16.0 Å². The van der Waals surface area contributed by atoms with Crippen molar-refractivity contribution in [2.24, 2.45) is 27.9 Å². The molecule has 0 aromatic heterocycles. The molecule has 5 atom stereocenters. The highest BCUT2D eigenvalue weighted by Gasteiger charge is 2.32. The smallest absolute Gasteiger partial charge is 0.326 e. The summed E-state index contributed by atoms with van der Waals surface area (Å²) in [5, 5.41) is 34.4. The lowest BCUT2D eigenvalue weighted by Gasteiger charge is -2.25. The first-order valence-electron chi connectivity index (χ1n) is 10.8. The molecule has 0 aliphatic heterocycles. The van der Waals surface area contributed by atoms with Gasteiger partial charge in [-0.15, -0.1) is 0 Å². The van der Waals surface area contributed by atoms with Gasteiger partial charge in [0, 0.05) is 13.0 Å². The van der Waals surface area contributed by atoms with Crippen LogP contribution in [-0.2, 0) is 28.8 Å². The number of hydrogen-bond acceptors (Lipinski definition) is 9. The normalized spacial score (nSPS) is 14.8. The van der Waals surface area contributed by atoms with Gasteiger partial charge in [-0.2, -0.15) is 0 Å². The number of primary amides is 1.